The number of aromatic nitrogens is 1. The highest BCUT2D eigenvalue weighted by Crippen LogP contribution is 2.17. The van der Waals surface area contributed by atoms with Crippen molar-refractivity contribution in [3.8, 4) is 0 Å². The lowest BCUT2D eigenvalue weighted by Crippen LogP contribution is -2.19. The maximum absolute atomic E-state index is 12.2. The second kappa shape index (κ2) is 8.26. The summed E-state index contributed by atoms with van der Waals surface area (Å²) < 4.78 is 0. The fourth-order valence-electron chi connectivity index (χ4n) is 2.47. The Bertz CT molecular complexity index is 909. The number of amides is 3. The van der Waals surface area contributed by atoms with E-state index in [2.05, 4.69) is 27.8 Å². The van der Waals surface area contributed by atoms with Gasteiger partial charge >= 0.3 is 6.03 Å². The van der Waals surface area contributed by atoms with E-state index in [1.165, 1.54) is 5.56 Å². The maximum Gasteiger partial charge on any atom is 0.316 e. The number of hydrogen-bond donors (Lipinski definition) is 3. The summed E-state index contributed by atoms with van der Waals surface area (Å²) in [6.45, 7) is 0. The fourth-order valence-corrected chi connectivity index (χ4v) is 3.30. The van der Waals surface area contributed by atoms with Crippen molar-refractivity contribution in [2.24, 2.45) is 5.73 Å². The van der Waals surface area contributed by atoms with Crippen molar-refractivity contribution >= 4 is 34.6 Å². The smallest absolute Gasteiger partial charge is 0.316 e. The molecule has 2 aromatic carbocycles. The number of nitrogens with two attached hydrogens (primary N) is 1. The Morgan fingerprint density at radius 3 is 2.46 bits per heavy atom. The van der Waals surface area contributed by atoms with Crippen LogP contribution in [0.15, 0.2) is 60.0 Å². The van der Waals surface area contributed by atoms with E-state index in [9.17, 15) is 9.59 Å². The Kier molecular flexibility index (Phi) is 5.60. The normalized spacial score (nSPS) is 10.3. The van der Waals surface area contributed by atoms with E-state index in [1.807, 2.05) is 23.6 Å². The third-order valence-corrected chi connectivity index (χ3v) is 4.45. The van der Waals surface area contributed by atoms with Gasteiger partial charge in [-0.1, -0.05) is 36.4 Å². The molecule has 4 N–H and O–H groups in total. The number of rotatable bonds is 6. The first kappa shape index (κ1) is 17.6. The van der Waals surface area contributed by atoms with Gasteiger partial charge in [-0.3, -0.25) is 4.79 Å². The topological polar surface area (TPSA) is 97.1 Å². The van der Waals surface area contributed by atoms with Crippen molar-refractivity contribution in [2.45, 2.75) is 12.8 Å². The van der Waals surface area contributed by atoms with E-state index >= 15 is 0 Å². The quantitative estimate of drug-likeness (QED) is 0.624. The summed E-state index contributed by atoms with van der Waals surface area (Å²) in [4.78, 5) is 27.6. The number of anilines is 2. The van der Waals surface area contributed by atoms with Crippen LogP contribution in [0.2, 0.25) is 0 Å². The standard InChI is InChI=1S/C19H18N4O2S/c20-19(25)23-15-8-4-7-14(10-15)21-17(24)11-16-12-26-18(22-16)9-13-5-2-1-3-6-13/h1-8,10,12H,9,11H2,(H,21,24)(H3,20,23,25). The first-order valence-corrected chi connectivity index (χ1v) is 8.90. The van der Waals surface area contributed by atoms with Gasteiger partial charge in [0.2, 0.25) is 5.91 Å². The van der Waals surface area contributed by atoms with Crippen molar-refractivity contribution in [2.75, 3.05) is 10.6 Å². The number of benzene rings is 2. The number of thiazole rings is 1. The van der Waals surface area contributed by atoms with Gasteiger partial charge in [0.25, 0.3) is 0 Å². The molecule has 0 bridgehead atoms. The summed E-state index contributed by atoms with van der Waals surface area (Å²) in [5.41, 5.74) is 8.13. The zero-order valence-electron chi connectivity index (χ0n) is 13.9. The van der Waals surface area contributed by atoms with Gasteiger partial charge in [0.05, 0.1) is 17.1 Å². The van der Waals surface area contributed by atoms with Gasteiger partial charge in [-0.25, -0.2) is 9.78 Å². The molecule has 0 saturated heterocycles. The second-order valence-electron chi connectivity index (χ2n) is 5.69. The van der Waals surface area contributed by atoms with Crippen molar-refractivity contribution in [1.29, 1.82) is 0 Å². The average Bonchev–Trinajstić information content (AvgIpc) is 3.02. The van der Waals surface area contributed by atoms with Crippen molar-refractivity contribution in [1.82, 2.24) is 4.98 Å². The summed E-state index contributed by atoms with van der Waals surface area (Å²) in [6.07, 6.45) is 0.951. The minimum atomic E-state index is -0.651. The summed E-state index contributed by atoms with van der Waals surface area (Å²) in [7, 11) is 0. The highest BCUT2D eigenvalue weighted by molar-refractivity contribution is 7.09. The summed E-state index contributed by atoms with van der Waals surface area (Å²) >= 11 is 1.55. The van der Waals surface area contributed by atoms with Crippen LogP contribution in [0.1, 0.15) is 16.3 Å². The van der Waals surface area contributed by atoms with Gasteiger partial charge < -0.3 is 16.4 Å². The van der Waals surface area contributed by atoms with Crippen LogP contribution in [-0.4, -0.2) is 16.9 Å². The second-order valence-corrected chi connectivity index (χ2v) is 6.63. The number of nitrogens with one attached hydrogen (secondary N) is 2. The molecule has 0 spiro atoms. The number of nitrogens with zero attached hydrogens (tertiary/aromatic N) is 1. The molecule has 0 atom stereocenters. The minimum Gasteiger partial charge on any atom is -0.351 e. The molecule has 1 aromatic heterocycles. The van der Waals surface area contributed by atoms with Crippen molar-refractivity contribution < 1.29 is 9.59 Å². The zero-order valence-corrected chi connectivity index (χ0v) is 14.8. The lowest BCUT2D eigenvalue weighted by molar-refractivity contribution is -0.115. The lowest BCUT2D eigenvalue weighted by atomic mass is 10.2. The summed E-state index contributed by atoms with van der Waals surface area (Å²) in [5, 5.41) is 8.15. The molecular formula is C19H18N4O2S. The predicted molar refractivity (Wildman–Crippen MR) is 103 cm³/mol. The van der Waals surface area contributed by atoms with Crippen molar-refractivity contribution in [3.63, 3.8) is 0 Å². The molecule has 132 valence electrons. The molecule has 0 aliphatic heterocycles. The number of urea groups is 1. The summed E-state index contributed by atoms with van der Waals surface area (Å²) in [5.74, 6) is -0.169. The van der Waals surface area contributed by atoms with E-state index in [-0.39, 0.29) is 12.3 Å². The number of carbonyl (C=O) groups excluding carboxylic acids is 2. The SMILES string of the molecule is NC(=O)Nc1cccc(NC(=O)Cc2csc(Cc3ccccc3)n2)c1. The Labute approximate surface area is 155 Å². The molecule has 26 heavy (non-hydrogen) atoms. The molecule has 7 heteroatoms. The third kappa shape index (κ3) is 5.15. The lowest BCUT2D eigenvalue weighted by Gasteiger charge is -2.07. The van der Waals surface area contributed by atoms with Crippen LogP contribution in [-0.2, 0) is 17.6 Å². The molecular weight excluding hydrogens is 348 g/mol. The van der Waals surface area contributed by atoms with Crippen LogP contribution in [0.25, 0.3) is 0 Å². The largest absolute Gasteiger partial charge is 0.351 e. The molecule has 0 aliphatic rings. The molecule has 3 rings (SSSR count). The van der Waals surface area contributed by atoms with Gasteiger partial charge in [0, 0.05) is 23.2 Å². The van der Waals surface area contributed by atoms with Crippen LogP contribution in [0.4, 0.5) is 16.2 Å². The van der Waals surface area contributed by atoms with Crippen LogP contribution >= 0.6 is 11.3 Å². The monoisotopic (exact) mass is 366 g/mol. The fraction of sp³-hybridized carbons (Fsp3) is 0.105. The van der Waals surface area contributed by atoms with Crippen LogP contribution in [0.5, 0.6) is 0 Å². The Hall–Kier alpha value is -3.19. The first-order chi connectivity index (χ1) is 12.6. The van der Waals surface area contributed by atoms with E-state index in [0.717, 1.165) is 17.1 Å². The molecule has 6 nitrogen and oxygen atoms in total. The van der Waals surface area contributed by atoms with Gasteiger partial charge in [0.1, 0.15) is 0 Å². The Balaban J connectivity index is 1.58. The Morgan fingerprint density at radius 1 is 1.00 bits per heavy atom. The van der Waals surface area contributed by atoms with E-state index in [4.69, 9.17) is 5.73 Å². The number of carbonyl (C=O) groups is 2. The minimum absolute atomic E-state index is 0.169. The number of primary amides is 1. The third-order valence-electron chi connectivity index (χ3n) is 3.55. The number of hydrogen-bond acceptors (Lipinski definition) is 4. The zero-order chi connectivity index (χ0) is 18.4. The molecule has 0 saturated carbocycles. The van der Waals surface area contributed by atoms with Crippen LogP contribution in [0.3, 0.4) is 0 Å². The molecule has 0 unspecified atom stereocenters. The highest BCUT2D eigenvalue weighted by atomic mass is 32.1. The van der Waals surface area contributed by atoms with Gasteiger partial charge in [-0.05, 0) is 23.8 Å². The molecule has 3 amide bonds. The van der Waals surface area contributed by atoms with Gasteiger partial charge in [0.15, 0.2) is 0 Å². The molecule has 3 aromatic rings. The first-order valence-electron chi connectivity index (χ1n) is 8.02. The predicted octanol–water partition coefficient (Wildman–Crippen LogP) is 3.41. The maximum atomic E-state index is 12.2. The van der Waals surface area contributed by atoms with E-state index in [1.54, 1.807) is 35.6 Å². The van der Waals surface area contributed by atoms with Gasteiger partial charge in [-0.2, -0.15) is 0 Å². The average molecular weight is 366 g/mol. The van der Waals surface area contributed by atoms with E-state index < -0.39 is 6.03 Å². The highest BCUT2D eigenvalue weighted by Gasteiger charge is 2.09. The molecule has 0 radical (unpaired) electrons. The van der Waals surface area contributed by atoms with E-state index in [0.29, 0.717) is 11.4 Å². The van der Waals surface area contributed by atoms with Crippen molar-refractivity contribution in [3.05, 3.63) is 76.2 Å². The Morgan fingerprint density at radius 2 is 1.73 bits per heavy atom. The van der Waals surface area contributed by atoms with Crippen LogP contribution in [0, 0.1) is 0 Å². The molecule has 1 heterocycles. The van der Waals surface area contributed by atoms with Gasteiger partial charge in [-0.15, -0.1) is 11.3 Å². The summed E-state index contributed by atoms with van der Waals surface area (Å²) in [6, 6.07) is 16.2. The molecule has 0 aliphatic carbocycles. The van der Waals surface area contributed by atoms with Crippen LogP contribution < -0.4 is 16.4 Å². The molecule has 0 fully saturated rings.